The first-order valence-corrected chi connectivity index (χ1v) is 8.92. The minimum atomic E-state index is -0.369. The van der Waals surface area contributed by atoms with Crippen molar-refractivity contribution < 1.29 is 14.3 Å². The molecular weight excluding hydrogens is 340 g/mol. The summed E-state index contributed by atoms with van der Waals surface area (Å²) < 4.78 is 5.00. The van der Waals surface area contributed by atoms with Gasteiger partial charge in [-0.05, 0) is 62.6 Å². The van der Waals surface area contributed by atoms with Crippen LogP contribution in [-0.4, -0.2) is 24.5 Å². The number of halogens is 1. The molecule has 0 aromatic heterocycles. The van der Waals surface area contributed by atoms with Gasteiger partial charge in [-0.15, -0.1) is 12.4 Å². The molecule has 0 spiro atoms. The number of fused-ring (bicyclic) bond motifs is 2. The largest absolute Gasteiger partial charge is 0.462 e. The maximum absolute atomic E-state index is 12.6. The number of esters is 1. The quantitative estimate of drug-likeness (QED) is 0.800. The minimum absolute atomic E-state index is 0. The molecule has 1 aromatic carbocycles. The van der Waals surface area contributed by atoms with E-state index in [1.54, 1.807) is 31.2 Å². The van der Waals surface area contributed by atoms with Crippen molar-refractivity contribution in [2.24, 2.45) is 23.5 Å². The summed E-state index contributed by atoms with van der Waals surface area (Å²) in [6, 6.07) is 7.18. The molecule has 2 aliphatic carbocycles. The van der Waals surface area contributed by atoms with Gasteiger partial charge in [0.15, 0.2) is 0 Å². The lowest BCUT2D eigenvalue weighted by atomic mass is 9.65. The molecule has 1 amide bonds. The van der Waals surface area contributed by atoms with Crippen LogP contribution in [0.2, 0.25) is 0 Å². The lowest BCUT2D eigenvalue weighted by Gasteiger charge is -2.43. The van der Waals surface area contributed by atoms with Gasteiger partial charge in [0.1, 0.15) is 0 Å². The topological polar surface area (TPSA) is 81.4 Å². The van der Waals surface area contributed by atoms with Crippen molar-refractivity contribution in [2.75, 3.05) is 11.9 Å². The molecule has 2 aliphatic rings. The summed E-state index contributed by atoms with van der Waals surface area (Å²) in [5.74, 6) is 0.635. The van der Waals surface area contributed by atoms with E-state index < -0.39 is 0 Å². The number of anilines is 1. The third-order valence-corrected chi connectivity index (χ3v) is 5.43. The Kier molecular flexibility index (Phi) is 6.85. The first kappa shape index (κ1) is 19.7. The van der Waals surface area contributed by atoms with E-state index in [0.717, 1.165) is 25.7 Å². The van der Waals surface area contributed by atoms with E-state index >= 15 is 0 Å². The molecule has 3 N–H and O–H groups in total. The SMILES string of the molecule is CCOC(=O)c1cccc(NC(=O)C2CC3CCCC(C2)C3N)c1.Cl. The maximum Gasteiger partial charge on any atom is 0.338 e. The van der Waals surface area contributed by atoms with Gasteiger partial charge in [-0.3, -0.25) is 4.79 Å². The third kappa shape index (κ3) is 4.53. The van der Waals surface area contributed by atoms with Crippen molar-refractivity contribution >= 4 is 30.0 Å². The van der Waals surface area contributed by atoms with E-state index in [2.05, 4.69) is 5.32 Å². The number of benzene rings is 1. The van der Waals surface area contributed by atoms with Gasteiger partial charge in [-0.25, -0.2) is 4.79 Å². The molecule has 2 bridgehead atoms. The molecule has 0 radical (unpaired) electrons. The normalized spacial score (nSPS) is 27.8. The molecule has 2 saturated carbocycles. The number of amides is 1. The van der Waals surface area contributed by atoms with Gasteiger partial charge in [0.25, 0.3) is 0 Å². The number of nitrogens with one attached hydrogen (secondary N) is 1. The zero-order valence-electron chi connectivity index (χ0n) is 14.6. The molecule has 1 aromatic rings. The monoisotopic (exact) mass is 366 g/mol. The summed E-state index contributed by atoms with van der Waals surface area (Å²) in [7, 11) is 0. The first-order chi connectivity index (χ1) is 11.6. The van der Waals surface area contributed by atoms with Gasteiger partial charge in [0.2, 0.25) is 5.91 Å². The standard InChI is InChI=1S/C19H26N2O3.ClH/c1-2-24-19(23)14-7-4-8-16(11-14)21-18(22)15-9-12-5-3-6-13(10-15)17(12)20;/h4,7-8,11-13,15,17H,2-3,5-6,9-10,20H2,1H3,(H,21,22);1H. The summed E-state index contributed by atoms with van der Waals surface area (Å²) in [5.41, 5.74) is 7.40. The highest BCUT2D eigenvalue weighted by Crippen LogP contribution is 2.42. The summed E-state index contributed by atoms with van der Waals surface area (Å²) >= 11 is 0. The van der Waals surface area contributed by atoms with E-state index in [4.69, 9.17) is 10.5 Å². The Hall–Kier alpha value is -1.59. The van der Waals surface area contributed by atoms with Crippen LogP contribution in [0.3, 0.4) is 0 Å². The van der Waals surface area contributed by atoms with E-state index in [9.17, 15) is 9.59 Å². The highest BCUT2D eigenvalue weighted by molar-refractivity contribution is 5.95. The molecule has 0 aliphatic heterocycles. The molecule has 3 rings (SSSR count). The smallest absolute Gasteiger partial charge is 0.338 e. The Morgan fingerprint density at radius 2 is 1.92 bits per heavy atom. The fourth-order valence-electron chi connectivity index (χ4n) is 4.19. The number of carbonyl (C=O) groups is 2. The Morgan fingerprint density at radius 3 is 2.56 bits per heavy atom. The Bertz CT molecular complexity index is 608. The summed E-state index contributed by atoms with van der Waals surface area (Å²) in [6.07, 6.45) is 5.26. The van der Waals surface area contributed by atoms with E-state index in [1.165, 1.54) is 6.42 Å². The second-order valence-electron chi connectivity index (χ2n) is 6.99. The van der Waals surface area contributed by atoms with Crippen LogP contribution >= 0.6 is 12.4 Å². The van der Waals surface area contributed by atoms with Gasteiger partial charge < -0.3 is 15.8 Å². The lowest BCUT2D eigenvalue weighted by molar-refractivity contribution is -0.122. The highest BCUT2D eigenvalue weighted by Gasteiger charge is 2.40. The predicted octanol–water partition coefficient (Wildman–Crippen LogP) is 3.38. The number of hydrogen-bond acceptors (Lipinski definition) is 4. The Labute approximate surface area is 155 Å². The maximum atomic E-state index is 12.6. The van der Waals surface area contributed by atoms with Gasteiger partial charge in [0, 0.05) is 17.6 Å². The Balaban J connectivity index is 0.00000225. The zero-order chi connectivity index (χ0) is 17.1. The van der Waals surface area contributed by atoms with Crippen LogP contribution in [0.4, 0.5) is 5.69 Å². The van der Waals surface area contributed by atoms with Gasteiger partial charge in [-0.2, -0.15) is 0 Å². The van der Waals surface area contributed by atoms with Crippen LogP contribution in [0.15, 0.2) is 24.3 Å². The summed E-state index contributed by atoms with van der Waals surface area (Å²) in [5, 5.41) is 2.97. The van der Waals surface area contributed by atoms with Crippen molar-refractivity contribution in [3.05, 3.63) is 29.8 Å². The van der Waals surface area contributed by atoms with Crippen molar-refractivity contribution in [3.63, 3.8) is 0 Å². The molecule has 0 heterocycles. The Morgan fingerprint density at radius 1 is 1.24 bits per heavy atom. The third-order valence-electron chi connectivity index (χ3n) is 5.43. The zero-order valence-corrected chi connectivity index (χ0v) is 15.4. The molecular formula is C19H27ClN2O3. The molecule has 2 atom stereocenters. The second kappa shape index (κ2) is 8.68. The molecule has 5 nitrogen and oxygen atoms in total. The van der Waals surface area contributed by atoms with E-state index in [1.807, 2.05) is 0 Å². The van der Waals surface area contributed by atoms with Crippen LogP contribution in [-0.2, 0) is 9.53 Å². The lowest BCUT2D eigenvalue weighted by Crippen LogP contribution is -2.48. The average Bonchev–Trinajstić information content (AvgIpc) is 2.55. The van der Waals surface area contributed by atoms with Crippen molar-refractivity contribution in [1.82, 2.24) is 0 Å². The first-order valence-electron chi connectivity index (χ1n) is 8.92. The van der Waals surface area contributed by atoms with E-state index in [-0.39, 0.29) is 36.2 Å². The van der Waals surface area contributed by atoms with Crippen LogP contribution in [0.5, 0.6) is 0 Å². The average molecular weight is 367 g/mol. The molecule has 2 fully saturated rings. The number of hydrogen-bond donors (Lipinski definition) is 2. The van der Waals surface area contributed by atoms with E-state index in [0.29, 0.717) is 29.7 Å². The van der Waals surface area contributed by atoms with Crippen LogP contribution in [0.25, 0.3) is 0 Å². The molecule has 25 heavy (non-hydrogen) atoms. The second-order valence-corrected chi connectivity index (χ2v) is 6.99. The minimum Gasteiger partial charge on any atom is -0.462 e. The number of ether oxygens (including phenoxy) is 1. The number of rotatable bonds is 4. The fourth-order valence-corrected chi connectivity index (χ4v) is 4.19. The van der Waals surface area contributed by atoms with Crippen molar-refractivity contribution in [2.45, 2.75) is 45.1 Å². The number of nitrogens with two attached hydrogens (primary N) is 1. The van der Waals surface area contributed by atoms with Gasteiger partial charge in [0.05, 0.1) is 12.2 Å². The molecule has 0 saturated heterocycles. The van der Waals surface area contributed by atoms with Crippen molar-refractivity contribution in [1.29, 1.82) is 0 Å². The van der Waals surface area contributed by atoms with Crippen LogP contribution in [0.1, 0.15) is 49.4 Å². The highest BCUT2D eigenvalue weighted by atomic mass is 35.5. The van der Waals surface area contributed by atoms with Gasteiger partial charge in [-0.1, -0.05) is 12.5 Å². The number of carbonyl (C=O) groups excluding carboxylic acids is 2. The molecule has 2 unspecified atom stereocenters. The summed E-state index contributed by atoms with van der Waals surface area (Å²) in [4.78, 5) is 24.4. The molecule has 6 heteroatoms. The van der Waals surface area contributed by atoms with Crippen LogP contribution in [0, 0.1) is 17.8 Å². The fraction of sp³-hybridized carbons (Fsp3) is 0.579. The van der Waals surface area contributed by atoms with Crippen molar-refractivity contribution in [3.8, 4) is 0 Å². The predicted molar refractivity (Wildman–Crippen MR) is 99.8 cm³/mol. The molecule has 138 valence electrons. The van der Waals surface area contributed by atoms with Crippen LogP contribution < -0.4 is 11.1 Å². The summed E-state index contributed by atoms with van der Waals surface area (Å²) in [6.45, 7) is 2.11. The van der Waals surface area contributed by atoms with Gasteiger partial charge >= 0.3 is 5.97 Å².